The van der Waals surface area contributed by atoms with Crippen molar-refractivity contribution in [2.75, 3.05) is 0 Å². The van der Waals surface area contributed by atoms with Crippen LogP contribution in [0.2, 0.25) is 0 Å². The summed E-state index contributed by atoms with van der Waals surface area (Å²) in [7, 11) is -3.42. The highest BCUT2D eigenvalue weighted by Crippen LogP contribution is 2.25. The molecule has 0 unspecified atom stereocenters. The molecule has 90 valence electrons. The predicted molar refractivity (Wildman–Crippen MR) is 66.8 cm³/mol. The van der Waals surface area contributed by atoms with Gasteiger partial charge in [0, 0.05) is 6.20 Å². The van der Waals surface area contributed by atoms with Crippen LogP contribution in [0.25, 0.3) is 0 Å². The molecule has 0 spiro atoms. The topological polar surface area (TPSA) is 49.9 Å². The molecule has 1 heterocycles. The van der Waals surface area contributed by atoms with Crippen LogP contribution in [0.1, 0.15) is 18.1 Å². The van der Waals surface area contributed by atoms with Gasteiger partial charge in [-0.05, 0) is 36.6 Å². The average Bonchev–Trinajstić information content (AvgIpc) is 2.72. The monoisotopic (exact) mass is 249 g/mol. The summed E-state index contributed by atoms with van der Waals surface area (Å²) in [6, 6.07) is 8.50. The fourth-order valence-electron chi connectivity index (χ4n) is 1.92. The van der Waals surface area contributed by atoms with Crippen LogP contribution >= 0.6 is 0 Å². The zero-order chi connectivity index (χ0) is 12.5. The van der Waals surface area contributed by atoms with Crippen molar-refractivity contribution in [3.8, 4) is 0 Å². The van der Waals surface area contributed by atoms with Crippen molar-refractivity contribution >= 4 is 9.84 Å². The maximum Gasteiger partial charge on any atom is 0.222 e. The second kappa shape index (κ2) is 4.37. The molecule has 0 aliphatic carbocycles. The Hall–Kier alpha value is -1.55. The van der Waals surface area contributed by atoms with E-state index in [4.69, 9.17) is 0 Å². The molecule has 1 N–H and O–H groups in total. The summed E-state index contributed by atoms with van der Waals surface area (Å²) >= 11 is 0. The van der Waals surface area contributed by atoms with Gasteiger partial charge < -0.3 is 4.98 Å². The van der Waals surface area contributed by atoms with Crippen molar-refractivity contribution in [3.05, 3.63) is 47.7 Å². The lowest BCUT2D eigenvalue weighted by Gasteiger charge is -2.05. The minimum atomic E-state index is -3.42. The van der Waals surface area contributed by atoms with Gasteiger partial charge in [0.1, 0.15) is 5.03 Å². The smallest absolute Gasteiger partial charge is 0.222 e. The van der Waals surface area contributed by atoms with Gasteiger partial charge in [-0.25, -0.2) is 8.42 Å². The van der Waals surface area contributed by atoms with Crippen LogP contribution in [-0.4, -0.2) is 13.4 Å². The number of hydrogen-bond donors (Lipinski definition) is 1. The van der Waals surface area contributed by atoms with Gasteiger partial charge in [-0.15, -0.1) is 0 Å². The largest absolute Gasteiger partial charge is 0.352 e. The van der Waals surface area contributed by atoms with E-state index in [1.54, 1.807) is 36.5 Å². The fourth-order valence-corrected chi connectivity index (χ4v) is 3.52. The van der Waals surface area contributed by atoms with E-state index in [1.807, 2.05) is 13.8 Å². The first kappa shape index (κ1) is 11.9. The van der Waals surface area contributed by atoms with Gasteiger partial charge >= 0.3 is 0 Å². The van der Waals surface area contributed by atoms with Crippen molar-refractivity contribution < 1.29 is 8.42 Å². The minimum Gasteiger partial charge on any atom is -0.352 e. The molecule has 0 aliphatic heterocycles. The molecule has 0 fully saturated rings. The van der Waals surface area contributed by atoms with Crippen molar-refractivity contribution in [2.24, 2.45) is 0 Å². The number of aromatic nitrogens is 1. The van der Waals surface area contributed by atoms with Gasteiger partial charge in [-0.3, -0.25) is 0 Å². The number of sulfone groups is 1. The third-order valence-electron chi connectivity index (χ3n) is 2.85. The highest BCUT2D eigenvalue weighted by Gasteiger charge is 2.22. The molecule has 1 aromatic heterocycles. The Morgan fingerprint density at radius 3 is 2.41 bits per heavy atom. The number of rotatable bonds is 3. The predicted octanol–water partition coefficient (Wildman–Crippen LogP) is 2.72. The molecule has 1 aromatic carbocycles. The first-order chi connectivity index (χ1) is 8.07. The van der Waals surface area contributed by atoms with E-state index in [2.05, 4.69) is 4.98 Å². The van der Waals surface area contributed by atoms with Gasteiger partial charge in [0.2, 0.25) is 9.84 Å². The third-order valence-corrected chi connectivity index (χ3v) is 4.64. The molecule has 17 heavy (non-hydrogen) atoms. The number of aryl methyl sites for hydroxylation is 1. The van der Waals surface area contributed by atoms with Crippen LogP contribution in [0.3, 0.4) is 0 Å². The number of nitrogens with one attached hydrogen (secondary N) is 1. The molecule has 2 aromatic rings. The van der Waals surface area contributed by atoms with Gasteiger partial charge in [0.05, 0.1) is 4.90 Å². The molecule has 0 saturated heterocycles. The SMILES string of the molecule is CCc1c(C)c[nH]c1S(=O)(=O)c1ccccc1. The first-order valence-electron chi connectivity index (χ1n) is 5.54. The Bertz CT molecular complexity index is 612. The summed E-state index contributed by atoms with van der Waals surface area (Å²) < 4.78 is 24.8. The normalized spacial score (nSPS) is 11.6. The van der Waals surface area contributed by atoms with E-state index in [-0.39, 0.29) is 0 Å². The summed E-state index contributed by atoms with van der Waals surface area (Å²) in [6.07, 6.45) is 2.45. The fraction of sp³-hybridized carbons (Fsp3) is 0.231. The van der Waals surface area contributed by atoms with Crippen molar-refractivity contribution in [2.45, 2.75) is 30.2 Å². The third kappa shape index (κ3) is 2.00. The Morgan fingerprint density at radius 2 is 1.82 bits per heavy atom. The Morgan fingerprint density at radius 1 is 1.18 bits per heavy atom. The summed E-state index contributed by atoms with van der Waals surface area (Å²) in [6.45, 7) is 3.87. The summed E-state index contributed by atoms with van der Waals surface area (Å²) in [4.78, 5) is 3.21. The van der Waals surface area contributed by atoms with Gasteiger partial charge in [0.15, 0.2) is 0 Å². The number of hydrogen-bond acceptors (Lipinski definition) is 2. The summed E-state index contributed by atoms with van der Waals surface area (Å²) in [5.41, 5.74) is 1.86. The van der Waals surface area contributed by atoms with Crippen LogP contribution in [0.5, 0.6) is 0 Å². The number of benzene rings is 1. The van der Waals surface area contributed by atoms with E-state index < -0.39 is 9.84 Å². The molecule has 3 nitrogen and oxygen atoms in total. The maximum absolute atomic E-state index is 12.4. The highest BCUT2D eigenvalue weighted by molar-refractivity contribution is 7.91. The molecule has 0 bridgehead atoms. The lowest BCUT2D eigenvalue weighted by Crippen LogP contribution is -2.05. The summed E-state index contributed by atoms with van der Waals surface area (Å²) in [5.74, 6) is 0. The van der Waals surface area contributed by atoms with Crippen LogP contribution in [0, 0.1) is 6.92 Å². The second-order valence-electron chi connectivity index (χ2n) is 3.95. The Kier molecular flexibility index (Phi) is 3.07. The van der Waals surface area contributed by atoms with E-state index in [9.17, 15) is 8.42 Å². The molecule has 0 aliphatic rings. The minimum absolute atomic E-state index is 0.323. The van der Waals surface area contributed by atoms with E-state index in [1.165, 1.54) is 0 Å². The molecule has 0 saturated carbocycles. The molecule has 0 atom stereocenters. The number of H-pyrrole nitrogens is 1. The van der Waals surface area contributed by atoms with Crippen LogP contribution < -0.4 is 0 Å². The Labute approximate surface area is 101 Å². The average molecular weight is 249 g/mol. The zero-order valence-corrected chi connectivity index (χ0v) is 10.7. The van der Waals surface area contributed by atoms with Gasteiger partial charge in [-0.1, -0.05) is 25.1 Å². The zero-order valence-electron chi connectivity index (χ0n) is 9.90. The van der Waals surface area contributed by atoms with Crippen molar-refractivity contribution in [1.29, 1.82) is 0 Å². The van der Waals surface area contributed by atoms with E-state index in [0.29, 0.717) is 16.3 Å². The summed E-state index contributed by atoms with van der Waals surface area (Å²) in [5, 5.41) is 0.323. The first-order valence-corrected chi connectivity index (χ1v) is 7.02. The molecule has 4 heteroatoms. The second-order valence-corrected chi connectivity index (χ2v) is 5.84. The maximum atomic E-state index is 12.4. The Balaban J connectivity index is 2.61. The van der Waals surface area contributed by atoms with Crippen LogP contribution in [-0.2, 0) is 16.3 Å². The molecule has 0 radical (unpaired) electrons. The van der Waals surface area contributed by atoms with Crippen molar-refractivity contribution in [3.63, 3.8) is 0 Å². The van der Waals surface area contributed by atoms with Gasteiger partial charge in [0.25, 0.3) is 0 Å². The lowest BCUT2D eigenvalue weighted by molar-refractivity contribution is 0.592. The lowest BCUT2D eigenvalue weighted by atomic mass is 10.2. The number of aromatic amines is 1. The van der Waals surface area contributed by atoms with Crippen molar-refractivity contribution in [1.82, 2.24) is 4.98 Å². The quantitative estimate of drug-likeness (QED) is 0.909. The van der Waals surface area contributed by atoms with Gasteiger partial charge in [-0.2, -0.15) is 0 Å². The van der Waals surface area contributed by atoms with E-state index in [0.717, 1.165) is 11.1 Å². The molecular formula is C13H15NO2S. The highest BCUT2D eigenvalue weighted by atomic mass is 32.2. The van der Waals surface area contributed by atoms with Crippen LogP contribution in [0.15, 0.2) is 46.5 Å². The van der Waals surface area contributed by atoms with Crippen LogP contribution in [0.4, 0.5) is 0 Å². The molecule has 2 rings (SSSR count). The molecule has 0 amide bonds. The standard InChI is InChI=1S/C13H15NO2S/c1-3-12-10(2)9-14-13(12)17(15,16)11-7-5-4-6-8-11/h4-9,14H,3H2,1-2H3. The van der Waals surface area contributed by atoms with E-state index >= 15 is 0 Å². The molecular weight excluding hydrogens is 234 g/mol.